The van der Waals surface area contributed by atoms with Gasteiger partial charge in [-0.3, -0.25) is 0 Å². The van der Waals surface area contributed by atoms with Gasteiger partial charge in [0.05, 0.1) is 5.52 Å². The number of benzene rings is 1. The largest absolute Gasteiger partial charge is 0.356 e. The zero-order valence-corrected chi connectivity index (χ0v) is 14.7. The Kier molecular flexibility index (Phi) is 6.50. The number of para-hydroxylation sites is 1. The molecule has 0 aliphatic carbocycles. The number of anilines is 1. The van der Waals surface area contributed by atoms with Crippen LogP contribution in [-0.4, -0.2) is 18.1 Å². The molecule has 3 heteroatoms. The molecule has 1 aromatic carbocycles. The predicted molar refractivity (Wildman–Crippen MR) is 96.4 cm³/mol. The molecule has 2 nitrogen and oxygen atoms in total. The van der Waals surface area contributed by atoms with E-state index in [4.69, 9.17) is 4.98 Å². The van der Waals surface area contributed by atoms with Crippen LogP contribution in [0.2, 0.25) is 0 Å². The van der Waals surface area contributed by atoms with Gasteiger partial charge in [-0.1, -0.05) is 60.8 Å². The topological polar surface area (TPSA) is 16.1 Å². The van der Waals surface area contributed by atoms with Gasteiger partial charge >= 0.3 is 0 Å². The van der Waals surface area contributed by atoms with Gasteiger partial charge in [-0.25, -0.2) is 4.98 Å². The average Bonchev–Trinajstić information content (AvgIpc) is 2.54. The van der Waals surface area contributed by atoms with E-state index in [2.05, 4.69) is 65.0 Å². The third-order valence-electron chi connectivity index (χ3n) is 3.79. The van der Waals surface area contributed by atoms with E-state index >= 15 is 0 Å². The summed E-state index contributed by atoms with van der Waals surface area (Å²) in [7, 11) is 0. The molecule has 0 atom stereocenters. The third kappa shape index (κ3) is 4.19. The number of halogens is 1. The van der Waals surface area contributed by atoms with Gasteiger partial charge in [0, 0.05) is 29.4 Å². The minimum absolute atomic E-state index is 0.856. The summed E-state index contributed by atoms with van der Waals surface area (Å²) in [6.45, 7) is 6.69. The SMILES string of the molecule is CCCCN(CCCC)c1nc2ccccc2cc1CBr. The Hall–Kier alpha value is -1.09. The quantitative estimate of drug-likeness (QED) is 0.582. The second-order valence-electron chi connectivity index (χ2n) is 5.49. The molecule has 1 heterocycles. The molecule has 114 valence electrons. The first-order valence-corrected chi connectivity index (χ1v) is 9.11. The Morgan fingerprint density at radius 3 is 2.33 bits per heavy atom. The number of alkyl halides is 1. The van der Waals surface area contributed by atoms with Gasteiger partial charge in [0.1, 0.15) is 5.82 Å². The van der Waals surface area contributed by atoms with Crippen LogP contribution in [0.1, 0.15) is 45.1 Å². The lowest BCUT2D eigenvalue weighted by Crippen LogP contribution is -2.27. The van der Waals surface area contributed by atoms with Crippen molar-refractivity contribution < 1.29 is 0 Å². The molecule has 0 aliphatic heterocycles. The highest BCUT2D eigenvalue weighted by Crippen LogP contribution is 2.26. The number of hydrogen-bond donors (Lipinski definition) is 0. The van der Waals surface area contributed by atoms with Crippen LogP contribution in [0.3, 0.4) is 0 Å². The highest BCUT2D eigenvalue weighted by Gasteiger charge is 2.13. The van der Waals surface area contributed by atoms with Crippen molar-refractivity contribution in [3.05, 3.63) is 35.9 Å². The first-order chi connectivity index (χ1) is 10.3. The van der Waals surface area contributed by atoms with Crippen LogP contribution in [-0.2, 0) is 5.33 Å². The molecule has 0 saturated carbocycles. The van der Waals surface area contributed by atoms with Gasteiger partial charge in [-0.2, -0.15) is 0 Å². The van der Waals surface area contributed by atoms with Crippen molar-refractivity contribution in [3.8, 4) is 0 Å². The van der Waals surface area contributed by atoms with Crippen molar-refractivity contribution >= 4 is 32.7 Å². The number of nitrogens with zero attached hydrogens (tertiary/aromatic N) is 2. The number of fused-ring (bicyclic) bond motifs is 1. The van der Waals surface area contributed by atoms with E-state index in [-0.39, 0.29) is 0 Å². The summed E-state index contributed by atoms with van der Waals surface area (Å²) in [6, 6.07) is 10.7. The molecule has 0 aliphatic rings. The fourth-order valence-electron chi connectivity index (χ4n) is 2.54. The van der Waals surface area contributed by atoms with Crippen LogP contribution in [0.15, 0.2) is 30.3 Å². The van der Waals surface area contributed by atoms with E-state index in [1.165, 1.54) is 36.6 Å². The van der Waals surface area contributed by atoms with E-state index in [9.17, 15) is 0 Å². The maximum Gasteiger partial charge on any atom is 0.133 e. The van der Waals surface area contributed by atoms with Crippen LogP contribution < -0.4 is 4.90 Å². The minimum atomic E-state index is 0.856. The van der Waals surface area contributed by atoms with Crippen molar-refractivity contribution in [2.24, 2.45) is 0 Å². The summed E-state index contributed by atoms with van der Waals surface area (Å²) in [5.41, 5.74) is 2.39. The fraction of sp³-hybridized carbons (Fsp3) is 0.500. The molecular weight excluding hydrogens is 324 g/mol. The monoisotopic (exact) mass is 348 g/mol. The Labute approximate surface area is 136 Å². The van der Waals surface area contributed by atoms with Crippen LogP contribution >= 0.6 is 15.9 Å². The molecule has 0 unspecified atom stereocenters. The lowest BCUT2D eigenvalue weighted by atomic mass is 10.1. The first kappa shape index (κ1) is 16.3. The minimum Gasteiger partial charge on any atom is -0.356 e. The number of unbranched alkanes of at least 4 members (excludes halogenated alkanes) is 2. The van der Waals surface area contributed by atoms with Gasteiger partial charge in [0.2, 0.25) is 0 Å². The maximum atomic E-state index is 4.95. The van der Waals surface area contributed by atoms with Crippen LogP contribution in [0.4, 0.5) is 5.82 Å². The van der Waals surface area contributed by atoms with Crippen LogP contribution in [0.25, 0.3) is 10.9 Å². The standard InChI is InChI=1S/C18H25BrN2/c1-3-5-11-21(12-6-4-2)18-16(14-19)13-15-9-7-8-10-17(15)20-18/h7-10,13H,3-6,11-12,14H2,1-2H3. The van der Waals surface area contributed by atoms with Gasteiger partial charge in [0.25, 0.3) is 0 Å². The van der Waals surface area contributed by atoms with E-state index in [1.807, 2.05) is 0 Å². The van der Waals surface area contributed by atoms with Crippen molar-refractivity contribution in [1.82, 2.24) is 4.98 Å². The van der Waals surface area contributed by atoms with E-state index in [0.717, 1.165) is 29.8 Å². The first-order valence-electron chi connectivity index (χ1n) is 7.99. The van der Waals surface area contributed by atoms with Crippen molar-refractivity contribution in [3.63, 3.8) is 0 Å². The summed E-state index contributed by atoms with van der Waals surface area (Å²) in [5.74, 6) is 1.16. The molecule has 2 aromatic rings. The van der Waals surface area contributed by atoms with Crippen molar-refractivity contribution in [2.75, 3.05) is 18.0 Å². The third-order valence-corrected chi connectivity index (χ3v) is 4.39. The second kappa shape index (κ2) is 8.38. The Morgan fingerprint density at radius 2 is 1.71 bits per heavy atom. The molecule has 2 rings (SSSR count). The second-order valence-corrected chi connectivity index (χ2v) is 6.05. The number of aromatic nitrogens is 1. The van der Waals surface area contributed by atoms with Crippen LogP contribution in [0, 0.1) is 0 Å². The molecule has 1 aromatic heterocycles. The van der Waals surface area contributed by atoms with Gasteiger partial charge in [0.15, 0.2) is 0 Å². The highest BCUT2D eigenvalue weighted by atomic mass is 79.9. The predicted octanol–water partition coefficient (Wildman–Crippen LogP) is 5.54. The highest BCUT2D eigenvalue weighted by molar-refractivity contribution is 9.08. The molecule has 0 radical (unpaired) electrons. The van der Waals surface area contributed by atoms with Gasteiger partial charge in [-0.05, 0) is 25.0 Å². The Morgan fingerprint density at radius 1 is 1.05 bits per heavy atom. The summed E-state index contributed by atoms with van der Waals surface area (Å²) in [5, 5.41) is 2.08. The van der Waals surface area contributed by atoms with Gasteiger partial charge in [-0.15, -0.1) is 0 Å². The lowest BCUT2D eigenvalue weighted by Gasteiger charge is -2.26. The molecule has 0 N–H and O–H groups in total. The molecule has 0 saturated heterocycles. The Bertz CT molecular complexity index is 560. The Balaban J connectivity index is 2.38. The summed E-state index contributed by atoms with van der Waals surface area (Å²) in [4.78, 5) is 7.42. The normalized spacial score (nSPS) is 11.0. The molecule has 0 bridgehead atoms. The van der Waals surface area contributed by atoms with Crippen molar-refractivity contribution in [2.45, 2.75) is 44.9 Å². The van der Waals surface area contributed by atoms with E-state index < -0.39 is 0 Å². The smallest absolute Gasteiger partial charge is 0.133 e. The average molecular weight is 349 g/mol. The fourth-order valence-corrected chi connectivity index (χ4v) is 2.96. The zero-order chi connectivity index (χ0) is 15.1. The molecule has 21 heavy (non-hydrogen) atoms. The number of pyridine rings is 1. The van der Waals surface area contributed by atoms with Gasteiger partial charge < -0.3 is 4.90 Å². The van der Waals surface area contributed by atoms with Crippen molar-refractivity contribution in [1.29, 1.82) is 0 Å². The number of hydrogen-bond acceptors (Lipinski definition) is 2. The molecule has 0 amide bonds. The zero-order valence-electron chi connectivity index (χ0n) is 13.1. The molecular formula is C18H25BrN2. The number of rotatable bonds is 8. The van der Waals surface area contributed by atoms with E-state index in [0.29, 0.717) is 0 Å². The van der Waals surface area contributed by atoms with E-state index in [1.54, 1.807) is 0 Å². The van der Waals surface area contributed by atoms with Crippen LogP contribution in [0.5, 0.6) is 0 Å². The molecule has 0 spiro atoms. The lowest BCUT2D eigenvalue weighted by molar-refractivity contribution is 0.670. The summed E-state index contributed by atoms with van der Waals surface area (Å²) in [6.07, 6.45) is 4.89. The maximum absolute atomic E-state index is 4.95. The summed E-state index contributed by atoms with van der Waals surface area (Å²) < 4.78 is 0. The summed E-state index contributed by atoms with van der Waals surface area (Å²) >= 11 is 3.63. The molecule has 0 fully saturated rings.